The maximum absolute atomic E-state index is 12.3. The summed E-state index contributed by atoms with van der Waals surface area (Å²) in [4.78, 5) is 19.9. The van der Waals surface area contributed by atoms with Gasteiger partial charge in [0.1, 0.15) is 0 Å². The fourth-order valence-electron chi connectivity index (χ4n) is 2.78. The van der Waals surface area contributed by atoms with Crippen LogP contribution in [0.3, 0.4) is 0 Å². The summed E-state index contributed by atoms with van der Waals surface area (Å²) in [5, 5.41) is 1.19. The van der Waals surface area contributed by atoms with E-state index in [9.17, 15) is 4.79 Å². The summed E-state index contributed by atoms with van der Waals surface area (Å²) in [6, 6.07) is 8.35. The van der Waals surface area contributed by atoms with Crippen LogP contribution in [-0.4, -0.2) is 53.9 Å². The van der Waals surface area contributed by atoms with Gasteiger partial charge in [0.15, 0.2) is 0 Å². The second kappa shape index (κ2) is 5.29. The highest BCUT2D eigenvalue weighted by Gasteiger charge is 2.19. The number of nitrogens with zero attached hydrogens (tertiary/aromatic N) is 2. The molecular weight excluding hydrogens is 250 g/mol. The smallest absolute Gasteiger partial charge is 0.227 e. The Hall–Kier alpha value is -1.81. The van der Waals surface area contributed by atoms with Gasteiger partial charge in [-0.3, -0.25) is 4.79 Å². The van der Waals surface area contributed by atoms with Crippen LogP contribution in [0.4, 0.5) is 0 Å². The number of H-pyrrole nitrogens is 1. The summed E-state index contributed by atoms with van der Waals surface area (Å²) >= 11 is 0. The first-order chi connectivity index (χ1) is 9.61. The quantitative estimate of drug-likeness (QED) is 0.904. The number of carbonyl (C=O) groups excluding carboxylic acids is 1. The lowest BCUT2D eigenvalue weighted by Gasteiger charge is -2.32. The normalized spacial score (nSPS) is 16.8. The maximum Gasteiger partial charge on any atom is 0.227 e. The van der Waals surface area contributed by atoms with Gasteiger partial charge < -0.3 is 14.8 Å². The van der Waals surface area contributed by atoms with Crippen molar-refractivity contribution in [2.24, 2.45) is 0 Å². The lowest BCUT2D eigenvalue weighted by atomic mass is 10.1. The number of benzene rings is 1. The standard InChI is InChI=1S/C16H21N3O/c1-12-9-14-10-13(3-4-15(14)17-12)11-16(20)19-7-5-18(2)6-8-19/h3-4,9-10,17H,5-8,11H2,1-2H3. The number of aromatic nitrogens is 1. The van der Waals surface area contributed by atoms with Crippen LogP contribution in [0.5, 0.6) is 0 Å². The number of aromatic amines is 1. The summed E-state index contributed by atoms with van der Waals surface area (Å²) in [5.41, 5.74) is 3.39. The number of hydrogen-bond acceptors (Lipinski definition) is 2. The van der Waals surface area contributed by atoms with Crippen molar-refractivity contribution in [3.8, 4) is 0 Å². The van der Waals surface area contributed by atoms with E-state index in [1.54, 1.807) is 0 Å². The van der Waals surface area contributed by atoms with Gasteiger partial charge in [0.25, 0.3) is 0 Å². The van der Waals surface area contributed by atoms with Crippen LogP contribution in [0, 0.1) is 6.92 Å². The molecule has 1 N–H and O–H groups in total. The monoisotopic (exact) mass is 271 g/mol. The summed E-state index contributed by atoms with van der Waals surface area (Å²) in [7, 11) is 2.10. The minimum atomic E-state index is 0.240. The largest absolute Gasteiger partial charge is 0.359 e. The average molecular weight is 271 g/mol. The van der Waals surface area contributed by atoms with Crippen LogP contribution in [0.15, 0.2) is 24.3 Å². The van der Waals surface area contributed by atoms with E-state index in [2.05, 4.69) is 42.1 Å². The van der Waals surface area contributed by atoms with Gasteiger partial charge in [-0.05, 0) is 43.1 Å². The van der Waals surface area contributed by atoms with Gasteiger partial charge in [-0.25, -0.2) is 0 Å². The Morgan fingerprint density at radius 1 is 1.20 bits per heavy atom. The Kier molecular flexibility index (Phi) is 3.49. The highest BCUT2D eigenvalue weighted by Crippen LogP contribution is 2.17. The molecule has 4 nitrogen and oxygen atoms in total. The van der Waals surface area contributed by atoms with Crippen molar-refractivity contribution in [1.29, 1.82) is 0 Å². The molecule has 106 valence electrons. The highest BCUT2D eigenvalue weighted by atomic mass is 16.2. The van der Waals surface area contributed by atoms with Crippen molar-refractivity contribution < 1.29 is 4.79 Å². The zero-order chi connectivity index (χ0) is 14.1. The average Bonchev–Trinajstić information content (AvgIpc) is 2.78. The van der Waals surface area contributed by atoms with Crippen LogP contribution in [0.25, 0.3) is 10.9 Å². The highest BCUT2D eigenvalue weighted by molar-refractivity contribution is 5.84. The molecule has 2 aromatic rings. The topological polar surface area (TPSA) is 39.3 Å². The number of fused-ring (bicyclic) bond motifs is 1. The molecule has 1 aromatic carbocycles. The van der Waals surface area contributed by atoms with Crippen molar-refractivity contribution in [2.75, 3.05) is 33.2 Å². The molecule has 3 rings (SSSR count). The molecule has 20 heavy (non-hydrogen) atoms. The van der Waals surface area contributed by atoms with Crippen LogP contribution in [-0.2, 0) is 11.2 Å². The van der Waals surface area contributed by atoms with Crippen molar-refractivity contribution in [3.05, 3.63) is 35.5 Å². The fourth-order valence-corrected chi connectivity index (χ4v) is 2.78. The molecule has 0 bridgehead atoms. The van der Waals surface area contributed by atoms with Crippen molar-refractivity contribution >= 4 is 16.8 Å². The van der Waals surface area contributed by atoms with Gasteiger partial charge in [0.2, 0.25) is 5.91 Å². The summed E-state index contributed by atoms with van der Waals surface area (Å²) in [6.45, 7) is 5.69. The molecule has 0 atom stereocenters. The minimum absolute atomic E-state index is 0.240. The number of amides is 1. The molecule has 1 amide bonds. The van der Waals surface area contributed by atoms with E-state index in [-0.39, 0.29) is 5.91 Å². The second-order valence-electron chi connectivity index (χ2n) is 5.73. The second-order valence-corrected chi connectivity index (χ2v) is 5.73. The number of piperazine rings is 1. The lowest BCUT2D eigenvalue weighted by Crippen LogP contribution is -2.47. The predicted octanol–water partition coefficient (Wildman–Crippen LogP) is 1.79. The van der Waals surface area contributed by atoms with Crippen LogP contribution < -0.4 is 0 Å². The molecular formula is C16H21N3O. The first-order valence-electron chi connectivity index (χ1n) is 7.16. The predicted molar refractivity (Wildman–Crippen MR) is 80.8 cm³/mol. The Morgan fingerprint density at radius 2 is 1.95 bits per heavy atom. The molecule has 1 aliphatic heterocycles. The Morgan fingerprint density at radius 3 is 2.70 bits per heavy atom. The number of rotatable bonds is 2. The molecule has 0 radical (unpaired) electrons. The molecule has 0 aliphatic carbocycles. The summed E-state index contributed by atoms with van der Waals surface area (Å²) < 4.78 is 0. The first kappa shape index (κ1) is 13.2. The minimum Gasteiger partial charge on any atom is -0.359 e. The van der Waals surface area contributed by atoms with Crippen LogP contribution >= 0.6 is 0 Å². The molecule has 0 spiro atoms. The van der Waals surface area contributed by atoms with E-state index < -0.39 is 0 Å². The Labute approximate surface area is 119 Å². The number of carbonyl (C=O) groups is 1. The van der Waals surface area contributed by atoms with Gasteiger partial charge in [-0.2, -0.15) is 0 Å². The number of hydrogen-bond donors (Lipinski definition) is 1. The van der Waals surface area contributed by atoms with Gasteiger partial charge in [-0.15, -0.1) is 0 Å². The summed E-state index contributed by atoms with van der Waals surface area (Å²) in [6.07, 6.45) is 0.504. The molecule has 1 aromatic heterocycles. The Bertz CT molecular complexity index is 624. The van der Waals surface area contributed by atoms with Crippen LogP contribution in [0.1, 0.15) is 11.3 Å². The van der Waals surface area contributed by atoms with Gasteiger partial charge in [0.05, 0.1) is 6.42 Å². The zero-order valence-corrected chi connectivity index (χ0v) is 12.1. The van der Waals surface area contributed by atoms with E-state index in [1.807, 2.05) is 11.0 Å². The number of likely N-dealkylation sites (N-methyl/N-ethyl adjacent to an activating group) is 1. The van der Waals surface area contributed by atoms with E-state index in [1.165, 1.54) is 5.39 Å². The third-order valence-electron chi connectivity index (χ3n) is 4.03. The summed E-state index contributed by atoms with van der Waals surface area (Å²) in [5.74, 6) is 0.240. The number of nitrogens with one attached hydrogen (secondary N) is 1. The van der Waals surface area contributed by atoms with E-state index in [0.29, 0.717) is 6.42 Å². The lowest BCUT2D eigenvalue weighted by molar-refractivity contribution is -0.132. The third kappa shape index (κ3) is 2.70. The van der Waals surface area contributed by atoms with Crippen molar-refractivity contribution in [2.45, 2.75) is 13.3 Å². The van der Waals surface area contributed by atoms with Crippen molar-refractivity contribution in [3.63, 3.8) is 0 Å². The molecule has 0 saturated carbocycles. The SMILES string of the molecule is Cc1cc2cc(CC(=O)N3CCN(C)CC3)ccc2[nH]1. The van der Waals surface area contributed by atoms with Crippen LogP contribution in [0.2, 0.25) is 0 Å². The maximum atomic E-state index is 12.3. The third-order valence-corrected chi connectivity index (χ3v) is 4.03. The van der Waals surface area contributed by atoms with E-state index >= 15 is 0 Å². The van der Waals surface area contributed by atoms with Gasteiger partial charge in [0, 0.05) is 37.4 Å². The fraction of sp³-hybridized carbons (Fsp3) is 0.438. The zero-order valence-electron chi connectivity index (χ0n) is 12.1. The van der Waals surface area contributed by atoms with E-state index in [0.717, 1.165) is 43.0 Å². The molecule has 1 fully saturated rings. The van der Waals surface area contributed by atoms with Gasteiger partial charge in [-0.1, -0.05) is 6.07 Å². The molecule has 4 heteroatoms. The molecule has 0 unspecified atom stereocenters. The number of aryl methyl sites for hydroxylation is 1. The van der Waals surface area contributed by atoms with Crippen molar-refractivity contribution in [1.82, 2.24) is 14.8 Å². The van der Waals surface area contributed by atoms with Gasteiger partial charge >= 0.3 is 0 Å². The molecule has 1 saturated heterocycles. The first-order valence-corrected chi connectivity index (χ1v) is 7.16. The van der Waals surface area contributed by atoms with E-state index in [4.69, 9.17) is 0 Å². The molecule has 1 aliphatic rings. The molecule has 2 heterocycles. The Balaban J connectivity index is 1.70.